The number of aromatic nitrogens is 1. The van der Waals surface area contributed by atoms with E-state index >= 15 is 0 Å². The van der Waals surface area contributed by atoms with Gasteiger partial charge in [0, 0.05) is 37.6 Å². The van der Waals surface area contributed by atoms with Gasteiger partial charge in [-0.1, -0.05) is 19.9 Å². The summed E-state index contributed by atoms with van der Waals surface area (Å²) in [6, 6.07) is 3.69. The average molecular weight is 262 g/mol. The summed E-state index contributed by atoms with van der Waals surface area (Å²) in [5.41, 5.74) is 0.917. The van der Waals surface area contributed by atoms with Gasteiger partial charge in [-0.3, -0.25) is 9.78 Å². The summed E-state index contributed by atoms with van der Waals surface area (Å²) in [5.74, 6) is -1.13. The quantitative estimate of drug-likeness (QED) is 0.792. The molecule has 19 heavy (non-hydrogen) atoms. The number of pyridine rings is 1. The van der Waals surface area contributed by atoms with Crippen molar-refractivity contribution in [2.24, 2.45) is 5.92 Å². The lowest BCUT2D eigenvalue weighted by atomic mass is 10.2. The van der Waals surface area contributed by atoms with Crippen LogP contribution in [-0.4, -0.2) is 33.4 Å². The Hall–Kier alpha value is -2.17. The lowest BCUT2D eigenvalue weighted by Crippen LogP contribution is -2.32. The normalized spacial score (nSPS) is 10.9. The topological polar surface area (TPSA) is 70.5 Å². The summed E-state index contributed by atoms with van der Waals surface area (Å²) < 4.78 is 0. The molecular formula is C14H18N2O3. The van der Waals surface area contributed by atoms with Crippen LogP contribution in [0, 0.1) is 5.92 Å². The molecule has 1 aromatic heterocycles. The second-order valence-electron chi connectivity index (χ2n) is 4.65. The molecule has 0 aromatic carbocycles. The Morgan fingerprint density at radius 3 is 2.68 bits per heavy atom. The zero-order valence-corrected chi connectivity index (χ0v) is 11.1. The highest BCUT2D eigenvalue weighted by atomic mass is 16.4. The molecule has 0 bridgehead atoms. The molecule has 1 N–H and O–H groups in total. The van der Waals surface area contributed by atoms with Gasteiger partial charge in [0.05, 0.1) is 0 Å². The van der Waals surface area contributed by atoms with Crippen LogP contribution in [0.5, 0.6) is 0 Å². The molecule has 5 heteroatoms. The lowest BCUT2D eigenvalue weighted by molar-refractivity contribution is -0.132. The Morgan fingerprint density at radius 1 is 1.42 bits per heavy atom. The minimum atomic E-state index is -1.13. The van der Waals surface area contributed by atoms with E-state index in [-0.39, 0.29) is 5.91 Å². The Kier molecular flexibility index (Phi) is 5.73. The fraction of sp³-hybridized carbons (Fsp3) is 0.357. The molecule has 1 heterocycles. The van der Waals surface area contributed by atoms with Gasteiger partial charge in [0.2, 0.25) is 5.91 Å². The van der Waals surface area contributed by atoms with Gasteiger partial charge in [0.25, 0.3) is 0 Å². The SMILES string of the molecule is CC(C)CN(Cc1cccnc1)C(=O)/C=C/C(=O)O. The van der Waals surface area contributed by atoms with Crippen molar-refractivity contribution in [2.45, 2.75) is 20.4 Å². The number of carboxylic acid groups (broad SMARTS) is 1. The first-order valence-electron chi connectivity index (χ1n) is 6.08. The molecule has 1 aromatic rings. The molecule has 0 aliphatic carbocycles. The summed E-state index contributed by atoms with van der Waals surface area (Å²) in [7, 11) is 0. The highest BCUT2D eigenvalue weighted by Crippen LogP contribution is 2.07. The standard InChI is InChI=1S/C14H18N2O3/c1-11(2)9-16(13(17)5-6-14(18)19)10-12-4-3-7-15-8-12/h3-8,11H,9-10H2,1-2H3,(H,18,19)/b6-5+. The molecule has 0 unspecified atom stereocenters. The van der Waals surface area contributed by atoms with E-state index in [1.54, 1.807) is 23.4 Å². The van der Waals surface area contributed by atoms with Gasteiger partial charge in [-0.25, -0.2) is 4.79 Å². The number of carbonyl (C=O) groups excluding carboxylic acids is 1. The van der Waals surface area contributed by atoms with Crippen LogP contribution in [0.4, 0.5) is 0 Å². The maximum Gasteiger partial charge on any atom is 0.328 e. The molecular weight excluding hydrogens is 244 g/mol. The predicted octanol–water partition coefficient (Wildman–Crippen LogP) is 1.71. The number of carbonyl (C=O) groups is 2. The molecule has 0 aliphatic rings. The van der Waals surface area contributed by atoms with E-state index < -0.39 is 5.97 Å². The van der Waals surface area contributed by atoms with Gasteiger partial charge < -0.3 is 10.0 Å². The van der Waals surface area contributed by atoms with E-state index in [9.17, 15) is 9.59 Å². The summed E-state index contributed by atoms with van der Waals surface area (Å²) in [4.78, 5) is 28.0. The van der Waals surface area contributed by atoms with E-state index in [0.29, 0.717) is 19.0 Å². The monoisotopic (exact) mass is 262 g/mol. The van der Waals surface area contributed by atoms with Crippen molar-refractivity contribution in [2.75, 3.05) is 6.54 Å². The molecule has 0 saturated carbocycles. The van der Waals surface area contributed by atoms with E-state index in [1.807, 2.05) is 19.9 Å². The lowest BCUT2D eigenvalue weighted by Gasteiger charge is -2.23. The van der Waals surface area contributed by atoms with Crippen LogP contribution < -0.4 is 0 Å². The van der Waals surface area contributed by atoms with Gasteiger partial charge in [-0.2, -0.15) is 0 Å². The predicted molar refractivity (Wildman–Crippen MR) is 71.3 cm³/mol. The molecule has 0 aliphatic heterocycles. The highest BCUT2D eigenvalue weighted by molar-refractivity contribution is 5.93. The van der Waals surface area contributed by atoms with Crippen LogP contribution in [-0.2, 0) is 16.1 Å². The van der Waals surface area contributed by atoms with Gasteiger partial charge in [0.15, 0.2) is 0 Å². The number of carboxylic acids is 1. The minimum Gasteiger partial charge on any atom is -0.478 e. The van der Waals surface area contributed by atoms with Crippen molar-refractivity contribution in [1.82, 2.24) is 9.88 Å². The number of hydrogen-bond donors (Lipinski definition) is 1. The van der Waals surface area contributed by atoms with Crippen molar-refractivity contribution in [3.63, 3.8) is 0 Å². The zero-order valence-electron chi connectivity index (χ0n) is 11.1. The fourth-order valence-electron chi connectivity index (χ4n) is 1.63. The molecule has 102 valence electrons. The summed E-state index contributed by atoms with van der Waals surface area (Å²) in [6.45, 7) is 5.00. The second kappa shape index (κ2) is 7.31. The average Bonchev–Trinajstić information content (AvgIpc) is 2.36. The third-order valence-electron chi connectivity index (χ3n) is 2.36. The smallest absolute Gasteiger partial charge is 0.328 e. The van der Waals surface area contributed by atoms with E-state index in [2.05, 4.69) is 4.98 Å². The third-order valence-corrected chi connectivity index (χ3v) is 2.36. The summed E-state index contributed by atoms with van der Waals surface area (Å²) in [6.07, 6.45) is 5.31. The van der Waals surface area contributed by atoms with Gasteiger partial charge in [-0.05, 0) is 17.5 Å². The Labute approximate surface area is 112 Å². The van der Waals surface area contributed by atoms with Crippen LogP contribution in [0.2, 0.25) is 0 Å². The first-order valence-corrected chi connectivity index (χ1v) is 6.08. The molecule has 0 spiro atoms. The minimum absolute atomic E-state index is 0.304. The van der Waals surface area contributed by atoms with Gasteiger partial charge in [-0.15, -0.1) is 0 Å². The van der Waals surface area contributed by atoms with E-state index in [1.165, 1.54) is 0 Å². The molecule has 1 amide bonds. The number of rotatable bonds is 6. The number of aliphatic carboxylic acids is 1. The molecule has 5 nitrogen and oxygen atoms in total. The maximum atomic E-state index is 11.9. The molecule has 0 radical (unpaired) electrons. The van der Waals surface area contributed by atoms with Crippen LogP contribution in [0.1, 0.15) is 19.4 Å². The Balaban J connectivity index is 2.77. The van der Waals surface area contributed by atoms with Crippen molar-refractivity contribution < 1.29 is 14.7 Å². The summed E-state index contributed by atoms with van der Waals surface area (Å²) in [5, 5.41) is 8.55. The van der Waals surface area contributed by atoms with Crippen LogP contribution in [0.3, 0.4) is 0 Å². The van der Waals surface area contributed by atoms with Crippen molar-refractivity contribution >= 4 is 11.9 Å². The number of nitrogens with zero attached hydrogens (tertiary/aromatic N) is 2. The first-order chi connectivity index (χ1) is 8.99. The first kappa shape index (κ1) is 14.9. The summed E-state index contributed by atoms with van der Waals surface area (Å²) >= 11 is 0. The Bertz CT molecular complexity index is 455. The highest BCUT2D eigenvalue weighted by Gasteiger charge is 2.13. The van der Waals surface area contributed by atoms with Crippen LogP contribution in [0.15, 0.2) is 36.7 Å². The third kappa shape index (κ3) is 5.81. The van der Waals surface area contributed by atoms with Crippen LogP contribution in [0.25, 0.3) is 0 Å². The van der Waals surface area contributed by atoms with E-state index in [0.717, 1.165) is 17.7 Å². The molecule has 0 fully saturated rings. The van der Waals surface area contributed by atoms with Crippen LogP contribution >= 0.6 is 0 Å². The number of hydrogen-bond acceptors (Lipinski definition) is 3. The fourth-order valence-corrected chi connectivity index (χ4v) is 1.63. The molecule has 0 saturated heterocycles. The number of amides is 1. The van der Waals surface area contributed by atoms with Crippen molar-refractivity contribution in [3.8, 4) is 0 Å². The van der Waals surface area contributed by atoms with Gasteiger partial charge in [0.1, 0.15) is 0 Å². The van der Waals surface area contributed by atoms with Crippen molar-refractivity contribution in [3.05, 3.63) is 42.2 Å². The Morgan fingerprint density at radius 2 is 2.16 bits per heavy atom. The van der Waals surface area contributed by atoms with Crippen molar-refractivity contribution in [1.29, 1.82) is 0 Å². The molecule has 0 atom stereocenters. The van der Waals surface area contributed by atoms with E-state index in [4.69, 9.17) is 5.11 Å². The largest absolute Gasteiger partial charge is 0.478 e. The maximum absolute atomic E-state index is 11.9. The second-order valence-corrected chi connectivity index (χ2v) is 4.65. The zero-order chi connectivity index (χ0) is 14.3. The van der Waals surface area contributed by atoms with Gasteiger partial charge >= 0.3 is 5.97 Å². The molecule has 1 rings (SSSR count).